The minimum Gasteiger partial charge on any atom is -0.376 e. The van der Waals surface area contributed by atoms with Crippen LogP contribution in [0.15, 0.2) is 22.9 Å². The van der Waals surface area contributed by atoms with E-state index in [1.165, 1.54) is 12.8 Å². The van der Waals surface area contributed by atoms with Gasteiger partial charge in [-0.15, -0.1) is 0 Å². The smallest absolute Gasteiger partial charge is 0.106 e. The van der Waals surface area contributed by atoms with Crippen molar-refractivity contribution in [3.63, 3.8) is 0 Å². The van der Waals surface area contributed by atoms with Crippen LogP contribution < -0.4 is 5.32 Å². The maximum absolute atomic E-state index is 5.70. The molecule has 4 heteroatoms. The molecule has 0 spiro atoms. The second-order valence-corrected chi connectivity index (χ2v) is 5.03. The predicted octanol–water partition coefficient (Wildman–Crippen LogP) is 2.36. The number of nitrogens with zero attached hydrogens (tertiary/aromatic N) is 1. The Morgan fingerprint density at radius 2 is 2.44 bits per heavy atom. The van der Waals surface area contributed by atoms with E-state index in [1.807, 2.05) is 18.3 Å². The third-order valence-electron chi connectivity index (χ3n) is 2.81. The van der Waals surface area contributed by atoms with Gasteiger partial charge in [0.15, 0.2) is 0 Å². The maximum atomic E-state index is 5.70. The van der Waals surface area contributed by atoms with Crippen LogP contribution >= 0.6 is 15.9 Å². The summed E-state index contributed by atoms with van der Waals surface area (Å²) in [6.45, 7) is 3.77. The van der Waals surface area contributed by atoms with Gasteiger partial charge in [0.05, 0.1) is 13.2 Å². The molecule has 0 aliphatic carbocycles. The zero-order chi connectivity index (χ0) is 11.2. The van der Waals surface area contributed by atoms with Crippen molar-refractivity contribution in [1.82, 2.24) is 10.3 Å². The zero-order valence-electron chi connectivity index (χ0n) is 9.29. The normalized spacial score (nSPS) is 20.9. The standard InChI is InChI=1S/C12H17BrN2O/c13-12-4-3-11(7-15-12)9-16-8-10-2-1-5-14-6-10/h3-4,7,10,14H,1-2,5-6,8-9H2. The molecule has 0 radical (unpaired) electrons. The highest BCUT2D eigenvalue weighted by Crippen LogP contribution is 2.12. The van der Waals surface area contributed by atoms with Crippen LogP contribution in [0.3, 0.4) is 0 Å². The third kappa shape index (κ3) is 3.85. The summed E-state index contributed by atoms with van der Waals surface area (Å²) in [4.78, 5) is 4.17. The summed E-state index contributed by atoms with van der Waals surface area (Å²) in [5.74, 6) is 0.678. The van der Waals surface area contributed by atoms with Crippen LogP contribution in [0.25, 0.3) is 0 Å². The van der Waals surface area contributed by atoms with E-state index in [2.05, 4.69) is 26.2 Å². The Morgan fingerprint density at radius 3 is 3.12 bits per heavy atom. The van der Waals surface area contributed by atoms with Gasteiger partial charge in [0, 0.05) is 12.7 Å². The quantitative estimate of drug-likeness (QED) is 0.862. The second kappa shape index (κ2) is 6.33. The average molecular weight is 285 g/mol. The van der Waals surface area contributed by atoms with Gasteiger partial charge in [0.25, 0.3) is 0 Å². The Hall–Kier alpha value is -0.450. The second-order valence-electron chi connectivity index (χ2n) is 4.22. The van der Waals surface area contributed by atoms with Crippen molar-refractivity contribution in [2.24, 2.45) is 5.92 Å². The van der Waals surface area contributed by atoms with Crippen LogP contribution in [0.1, 0.15) is 18.4 Å². The number of pyridine rings is 1. The van der Waals surface area contributed by atoms with Gasteiger partial charge in [-0.05, 0) is 52.9 Å². The molecular weight excluding hydrogens is 268 g/mol. The third-order valence-corrected chi connectivity index (χ3v) is 3.28. The predicted molar refractivity (Wildman–Crippen MR) is 67.2 cm³/mol. The van der Waals surface area contributed by atoms with E-state index in [1.54, 1.807) is 0 Å². The first kappa shape index (κ1) is 12.0. The van der Waals surface area contributed by atoms with Crippen molar-refractivity contribution < 1.29 is 4.74 Å². The number of aromatic nitrogens is 1. The molecule has 2 heterocycles. The van der Waals surface area contributed by atoms with E-state index in [4.69, 9.17) is 4.74 Å². The van der Waals surface area contributed by atoms with Gasteiger partial charge in [-0.2, -0.15) is 0 Å². The number of ether oxygens (including phenoxy) is 1. The van der Waals surface area contributed by atoms with E-state index < -0.39 is 0 Å². The topological polar surface area (TPSA) is 34.1 Å². The highest BCUT2D eigenvalue weighted by Gasteiger charge is 2.12. The SMILES string of the molecule is Brc1ccc(COCC2CCCNC2)cn1. The van der Waals surface area contributed by atoms with Crippen LogP contribution in [0.5, 0.6) is 0 Å². The molecular formula is C12H17BrN2O. The lowest BCUT2D eigenvalue weighted by molar-refractivity contribution is 0.0781. The molecule has 1 aliphatic rings. The molecule has 1 aliphatic heterocycles. The van der Waals surface area contributed by atoms with Gasteiger partial charge >= 0.3 is 0 Å². The summed E-state index contributed by atoms with van der Waals surface area (Å²) in [5.41, 5.74) is 1.13. The summed E-state index contributed by atoms with van der Waals surface area (Å²) < 4.78 is 6.57. The van der Waals surface area contributed by atoms with E-state index in [0.717, 1.165) is 29.9 Å². The average Bonchev–Trinajstić information content (AvgIpc) is 2.33. The zero-order valence-corrected chi connectivity index (χ0v) is 10.9. The molecule has 0 aromatic carbocycles. The van der Waals surface area contributed by atoms with Crippen LogP contribution in [-0.4, -0.2) is 24.7 Å². The van der Waals surface area contributed by atoms with Gasteiger partial charge < -0.3 is 10.1 Å². The Bertz CT molecular complexity index is 309. The molecule has 0 saturated carbocycles. The number of piperidine rings is 1. The summed E-state index contributed by atoms with van der Waals surface area (Å²) in [7, 11) is 0. The number of rotatable bonds is 4. The lowest BCUT2D eigenvalue weighted by Gasteiger charge is -2.22. The lowest BCUT2D eigenvalue weighted by Crippen LogP contribution is -2.32. The fourth-order valence-electron chi connectivity index (χ4n) is 1.90. The van der Waals surface area contributed by atoms with Gasteiger partial charge in [0.2, 0.25) is 0 Å². The number of hydrogen-bond acceptors (Lipinski definition) is 3. The van der Waals surface area contributed by atoms with E-state index in [0.29, 0.717) is 12.5 Å². The molecule has 1 saturated heterocycles. The van der Waals surface area contributed by atoms with Gasteiger partial charge in [0.1, 0.15) is 4.60 Å². The molecule has 2 rings (SSSR count). The highest BCUT2D eigenvalue weighted by atomic mass is 79.9. The molecule has 1 unspecified atom stereocenters. The largest absolute Gasteiger partial charge is 0.376 e. The van der Waals surface area contributed by atoms with Crippen molar-refractivity contribution in [2.75, 3.05) is 19.7 Å². The molecule has 0 amide bonds. The van der Waals surface area contributed by atoms with Crippen LogP contribution in [-0.2, 0) is 11.3 Å². The molecule has 0 bridgehead atoms. The van der Waals surface area contributed by atoms with Crippen molar-refractivity contribution in [1.29, 1.82) is 0 Å². The van der Waals surface area contributed by atoms with E-state index in [9.17, 15) is 0 Å². The number of hydrogen-bond donors (Lipinski definition) is 1. The maximum Gasteiger partial charge on any atom is 0.106 e. The van der Waals surface area contributed by atoms with E-state index >= 15 is 0 Å². The van der Waals surface area contributed by atoms with Crippen LogP contribution in [0, 0.1) is 5.92 Å². The lowest BCUT2D eigenvalue weighted by atomic mass is 10.0. The Balaban J connectivity index is 1.69. The summed E-state index contributed by atoms with van der Waals surface area (Å²) in [6, 6.07) is 3.98. The fourth-order valence-corrected chi connectivity index (χ4v) is 2.14. The molecule has 1 atom stereocenters. The minimum atomic E-state index is 0.663. The van der Waals surface area contributed by atoms with Gasteiger partial charge in [-0.3, -0.25) is 0 Å². The van der Waals surface area contributed by atoms with Gasteiger partial charge in [-0.25, -0.2) is 4.98 Å². The Kier molecular flexibility index (Phi) is 4.75. The molecule has 1 fully saturated rings. The van der Waals surface area contributed by atoms with Crippen LogP contribution in [0.4, 0.5) is 0 Å². The minimum absolute atomic E-state index is 0.663. The number of nitrogens with one attached hydrogen (secondary N) is 1. The number of halogens is 1. The van der Waals surface area contributed by atoms with Crippen molar-refractivity contribution in [3.8, 4) is 0 Å². The molecule has 88 valence electrons. The Labute approximate surface area is 105 Å². The van der Waals surface area contributed by atoms with Crippen LogP contribution in [0.2, 0.25) is 0 Å². The molecule has 3 nitrogen and oxygen atoms in total. The fraction of sp³-hybridized carbons (Fsp3) is 0.583. The Morgan fingerprint density at radius 1 is 1.50 bits per heavy atom. The molecule has 16 heavy (non-hydrogen) atoms. The monoisotopic (exact) mass is 284 g/mol. The highest BCUT2D eigenvalue weighted by molar-refractivity contribution is 9.10. The molecule has 1 aromatic heterocycles. The van der Waals surface area contributed by atoms with E-state index in [-0.39, 0.29) is 0 Å². The first-order chi connectivity index (χ1) is 7.84. The van der Waals surface area contributed by atoms with Crippen molar-refractivity contribution >= 4 is 15.9 Å². The first-order valence-corrected chi connectivity index (χ1v) is 6.53. The summed E-state index contributed by atoms with van der Waals surface area (Å²) in [6.07, 6.45) is 4.41. The van der Waals surface area contributed by atoms with Gasteiger partial charge in [-0.1, -0.05) is 6.07 Å². The summed E-state index contributed by atoms with van der Waals surface area (Å²) >= 11 is 3.32. The summed E-state index contributed by atoms with van der Waals surface area (Å²) in [5, 5.41) is 3.39. The van der Waals surface area contributed by atoms with Crippen molar-refractivity contribution in [2.45, 2.75) is 19.4 Å². The molecule has 1 aromatic rings. The molecule has 1 N–H and O–H groups in total. The first-order valence-electron chi connectivity index (χ1n) is 5.73. The van der Waals surface area contributed by atoms with Crippen molar-refractivity contribution in [3.05, 3.63) is 28.5 Å².